The molecule has 0 aromatic rings. The van der Waals surface area contributed by atoms with E-state index in [1.165, 1.54) is 9.80 Å². The van der Waals surface area contributed by atoms with Gasteiger partial charge in [0.05, 0.1) is 0 Å². The minimum atomic E-state index is -0.848. The summed E-state index contributed by atoms with van der Waals surface area (Å²) in [6.45, 7) is 2.44. The molecular formula is C13H20N2O3. The Balaban J connectivity index is 1.92. The number of amides is 2. The zero-order chi connectivity index (χ0) is 13.0. The first kappa shape index (κ1) is 13.1. The number of hydrogen-bond donors (Lipinski definition) is 0. The van der Waals surface area contributed by atoms with Crippen molar-refractivity contribution in [2.24, 2.45) is 0 Å². The van der Waals surface area contributed by atoms with Crippen molar-refractivity contribution >= 4 is 17.6 Å². The largest absolute Gasteiger partial charge is 0.336 e. The van der Waals surface area contributed by atoms with Crippen LogP contribution in [0.3, 0.4) is 0 Å². The molecule has 2 amide bonds. The average molecular weight is 252 g/mol. The van der Waals surface area contributed by atoms with Crippen molar-refractivity contribution in [1.82, 2.24) is 9.80 Å². The summed E-state index contributed by atoms with van der Waals surface area (Å²) in [7, 11) is 0. The van der Waals surface area contributed by atoms with Crippen LogP contribution in [-0.4, -0.2) is 53.6 Å². The molecule has 18 heavy (non-hydrogen) atoms. The maximum absolute atomic E-state index is 11.9. The standard InChI is InChI=1S/C13H20N2O3/c16-11(12(17)14-7-3-1-4-8-14)13(18)15-9-5-2-6-10-15/h1-10H2. The molecule has 2 aliphatic rings. The first-order chi connectivity index (χ1) is 8.70. The van der Waals surface area contributed by atoms with E-state index >= 15 is 0 Å². The van der Waals surface area contributed by atoms with Gasteiger partial charge in [-0.05, 0) is 38.5 Å². The highest BCUT2D eigenvalue weighted by molar-refractivity contribution is 6.62. The highest BCUT2D eigenvalue weighted by Crippen LogP contribution is 2.12. The number of ketones is 1. The highest BCUT2D eigenvalue weighted by atomic mass is 16.2. The van der Waals surface area contributed by atoms with Gasteiger partial charge in [0.2, 0.25) is 0 Å². The van der Waals surface area contributed by atoms with Crippen LogP contribution in [-0.2, 0) is 14.4 Å². The zero-order valence-electron chi connectivity index (χ0n) is 10.7. The van der Waals surface area contributed by atoms with Crippen LogP contribution in [0.25, 0.3) is 0 Å². The number of likely N-dealkylation sites (tertiary alicyclic amines) is 2. The van der Waals surface area contributed by atoms with E-state index in [2.05, 4.69) is 0 Å². The molecule has 2 aliphatic heterocycles. The molecule has 0 saturated carbocycles. The molecule has 0 bridgehead atoms. The molecule has 0 aromatic carbocycles. The first-order valence-corrected chi connectivity index (χ1v) is 6.82. The number of Topliss-reactive ketones (excluding diaryl/α,β-unsaturated/α-hetero) is 1. The second-order valence-electron chi connectivity index (χ2n) is 5.03. The third kappa shape index (κ3) is 2.89. The summed E-state index contributed by atoms with van der Waals surface area (Å²) in [6, 6.07) is 0. The Bertz CT molecular complexity index is 310. The van der Waals surface area contributed by atoms with E-state index in [9.17, 15) is 14.4 Å². The van der Waals surface area contributed by atoms with Crippen molar-refractivity contribution in [1.29, 1.82) is 0 Å². The number of rotatable bonds is 2. The second kappa shape index (κ2) is 5.98. The Morgan fingerprint density at radius 2 is 0.889 bits per heavy atom. The average Bonchev–Trinajstić information content (AvgIpc) is 2.47. The zero-order valence-corrected chi connectivity index (χ0v) is 10.7. The Hall–Kier alpha value is -1.39. The summed E-state index contributed by atoms with van der Waals surface area (Å²) in [5.41, 5.74) is 0. The first-order valence-electron chi connectivity index (χ1n) is 6.82. The third-order valence-corrected chi connectivity index (χ3v) is 3.68. The quantitative estimate of drug-likeness (QED) is 0.533. The number of carbonyl (C=O) groups is 3. The van der Waals surface area contributed by atoms with Crippen LogP contribution in [0.4, 0.5) is 0 Å². The smallest absolute Gasteiger partial charge is 0.307 e. The molecule has 0 radical (unpaired) electrons. The fraction of sp³-hybridized carbons (Fsp3) is 0.769. The van der Waals surface area contributed by atoms with Crippen molar-refractivity contribution in [3.05, 3.63) is 0 Å². The lowest BCUT2D eigenvalue weighted by atomic mass is 10.1. The van der Waals surface area contributed by atoms with Crippen LogP contribution in [0.1, 0.15) is 38.5 Å². The van der Waals surface area contributed by atoms with Crippen LogP contribution >= 0.6 is 0 Å². The Kier molecular flexibility index (Phi) is 4.33. The molecule has 0 aromatic heterocycles. The summed E-state index contributed by atoms with van der Waals surface area (Å²) >= 11 is 0. The van der Waals surface area contributed by atoms with Gasteiger partial charge in [-0.25, -0.2) is 0 Å². The lowest BCUT2D eigenvalue weighted by Gasteiger charge is -2.28. The third-order valence-electron chi connectivity index (χ3n) is 3.68. The Morgan fingerprint density at radius 3 is 1.22 bits per heavy atom. The van der Waals surface area contributed by atoms with Crippen LogP contribution in [0, 0.1) is 0 Å². The van der Waals surface area contributed by atoms with Crippen LogP contribution in [0.15, 0.2) is 0 Å². The van der Waals surface area contributed by atoms with Gasteiger partial charge in [-0.15, -0.1) is 0 Å². The van der Waals surface area contributed by atoms with Gasteiger partial charge >= 0.3 is 5.78 Å². The summed E-state index contributed by atoms with van der Waals surface area (Å²) in [4.78, 5) is 38.7. The molecule has 0 aliphatic carbocycles. The SMILES string of the molecule is O=C(C(=O)N1CCCCC1)C(=O)N1CCCCC1. The van der Waals surface area contributed by atoms with E-state index in [4.69, 9.17) is 0 Å². The second-order valence-corrected chi connectivity index (χ2v) is 5.03. The lowest BCUT2D eigenvalue weighted by Crippen LogP contribution is -2.48. The predicted molar refractivity (Wildman–Crippen MR) is 65.9 cm³/mol. The fourth-order valence-corrected chi connectivity index (χ4v) is 2.57. The Labute approximate surface area is 107 Å². The van der Waals surface area contributed by atoms with Crippen LogP contribution < -0.4 is 0 Å². The molecule has 2 heterocycles. The maximum Gasteiger partial charge on any atom is 0.307 e. The summed E-state index contributed by atoms with van der Waals surface area (Å²) in [5.74, 6) is -2.06. The lowest BCUT2D eigenvalue weighted by molar-refractivity contribution is -0.154. The molecular weight excluding hydrogens is 232 g/mol. The van der Waals surface area contributed by atoms with E-state index < -0.39 is 17.6 Å². The van der Waals surface area contributed by atoms with Crippen molar-refractivity contribution in [3.63, 3.8) is 0 Å². The van der Waals surface area contributed by atoms with Crippen LogP contribution in [0.5, 0.6) is 0 Å². The molecule has 0 atom stereocenters. The topological polar surface area (TPSA) is 57.7 Å². The maximum atomic E-state index is 11.9. The van der Waals surface area contributed by atoms with Gasteiger partial charge in [0.1, 0.15) is 0 Å². The van der Waals surface area contributed by atoms with Crippen molar-refractivity contribution in [2.45, 2.75) is 38.5 Å². The summed E-state index contributed by atoms with van der Waals surface area (Å²) < 4.78 is 0. The van der Waals surface area contributed by atoms with Crippen molar-refractivity contribution in [2.75, 3.05) is 26.2 Å². The molecule has 0 unspecified atom stereocenters. The normalized spacial score (nSPS) is 20.7. The number of nitrogens with zero attached hydrogens (tertiary/aromatic N) is 2. The number of piperidine rings is 2. The molecule has 2 fully saturated rings. The minimum Gasteiger partial charge on any atom is -0.336 e. The van der Waals surface area contributed by atoms with Gasteiger partial charge in [-0.1, -0.05) is 0 Å². The molecule has 5 heteroatoms. The minimum absolute atomic E-state index is 0.606. The van der Waals surface area contributed by atoms with E-state index in [0.717, 1.165) is 38.5 Å². The number of hydrogen-bond acceptors (Lipinski definition) is 3. The molecule has 0 N–H and O–H groups in total. The van der Waals surface area contributed by atoms with Gasteiger partial charge in [-0.3, -0.25) is 14.4 Å². The van der Waals surface area contributed by atoms with Crippen molar-refractivity contribution < 1.29 is 14.4 Å². The van der Waals surface area contributed by atoms with E-state index in [1.54, 1.807) is 0 Å². The Morgan fingerprint density at radius 1 is 0.556 bits per heavy atom. The summed E-state index contributed by atoms with van der Waals surface area (Å²) in [5, 5.41) is 0. The monoisotopic (exact) mass is 252 g/mol. The van der Waals surface area contributed by atoms with E-state index in [-0.39, 0.29) is 0 Å². The number of carbonyl (C=O) groups excluding carboxylic acids is 3. The molecule has 100 valence electrons. The van der Waals surface area contributed by atoms with E-state index in [1.807, 2.05) is 0 Å². The fourth-order valence-electron chi connectivity index (χ4n) is 2.57. The van der Waals surface area contributed by atoms with Gasteiger partial charge in [0.25, 0.3) is 11.8 Å². The van der Waals surface area contributed by atoms with Gasteiger partial charge in [-0.2, -0.15) is 0 Å². The van der Waals surface area contributed by atoms with Crippen LogP contribution in [0.2, 0.25) is 0 Å². The molecule has 2 rings (SSSR count). The van der Waals surface area contributed by atoms with E-state index in [0.29, 0.717) is 26.2 Å². The highest BCUT2D eigenvalue weighted by Gasteiger charge is 2.32. The predicted octanol–water partition coefficient (Wildman–Crippen LogP) is 0.580. The molecule has 2 saturated heterocycles. The summed E-state index contributed by atoms with van der Waals surface area (Å²) in [6.07, 6.45) is 5.90. The van der Waals surface area contributed by atoms with Gasteiger partial charge in [0.15, 0.2) is 0 Å². The molecule has 5 nitrogen and oxygen atoms in total. The molecule has 0 spiro atoms. The van der Waals surface area contributed by atoms with Crippen molar-refractivity contribution in [3.8, 4) is 0 Å². The van der Waals surface area contributed by atoms with Gasteiger partial charge in [0, 0.05) is 26.2 Å². The van der Waals surface area contributed by atoms with Gasteiger partial charge < -0.3 is 9.80 Å².